The molecule has 0 saturated carbocycles. The smallest absolute Gasteiger partial charge is 0.339 e. The van der Waals surface area contributed by atoms with Gasteiger partial charge in [0.15, 0.2) is 9.84 Å². The second-order valence-electron chi connectivity index (χ2n) is 5.39. The summed E-state index contributed by atoms with van der Waals surface area (Å²) >= 11 is 1.20. The highest BCUT2D eigenvalue weighted by molar-refractivity contribution is 7.91. The maximum absolute atomic E-state index is 12.5. The average molecular weight is 381 g/mol. The fraction of sp³-hybridized carbons (Fsp3) is 0.294. The zero-order valence-corrected chi connectivity index (χ0v) is 15.8. The van der Waals surface area contributed by atoms with Crippen molar-refractivity contribution in [3.05, 3.63) is 45.8 Å². The van der Waals surface area contributed by atoms with E-state index in [4.69, 9.17) is 0 Å². The number of carbonyl (C=O) groups excluding carboxylic acids is 1. The fourth-order valence-electron chi connectivity index (χ4n) is 2.49. The second-order valence-corrected chi connectivity index (χ2v) is 8.89. The van der Waals surface area contributed by atoms with Crippen molar-refractivity contribution in [2.75, 3.05) is 11.1 Å². The van der Waals surface area contributed by atoms with Crippen molar-refractivity contribution in [1.29, 1.82) is 0 Å². The van der Waals surface area contributed by atoms with Crippen LogP contribution in [0.15, 0.2) is 29.2 Å². The minimum atomic E-state index is -3.43. The Morgan fingerprint density at radius 2 is 1.92 bits per heavy atom. The number of rotatable bonds is 6. The minimum absolute atomic E-state index is 0.0643. The molecule has 1 amide bonds. The predicted octanol–water partition coefficient (Wildman–Crippen LogP) is 3.36. The van der Waals surface area contributed by atoms with Crippen LogP contribution in [-0.4, -0.2) is 31.2 Å². The van der Waals surface area contributed by atoms with Crippen molar-refractivity contribution < 1.29 is 23.1 Å². The first-order chi connectivity index (χ1) is 11.7. The quantitative estimate of drug-likeness (QED) is 0.799. The molecule has 2 N–H and O–H groups in total. The third kappa shape index (κ3) is 3.91. The van der Waals surface area contributed by atoms with Crippen molar-refractivity contribution in [2.24, 2.45) is 0 Å². The molecule has 0 saturated heterocycles. The summed E-state index contributed by atoms with van der Waals surface area (Å²) in [6, 6.07) is 5.72. The third-order valence-corrected chi connectivity index (χ3v) is 6.63. The molecule has 134 valence electrons. The van der Waals surface area contributed by atoms with E-state index in [2.05, 4.69) is 5.32 Å². The summed E-state index contributed by atoms with van der Waals surface area (Å²) in [5, 5.41) is 12.3. The fourth-order valence-corrected chi connectivity index (χ4v) is 4.55. The SMILES string of the molecule is CCc1c(C)sc(NC(=O)c2cccc(S(=O)(=O)CC)c2)c1C(=O)O. The first-order valence-electron chi connectivity index (χ1n) is 7.71. The Labute approximate surface area is 150 Å². The zero-order chi connectivity index (χ0) is 18.8. The Morgan fingerprint density at radius 3 is 2.48 bits per heavy atom. The summed E-state index contributed by atoms with van der Waals surface area (Å²) in [6.45, 7) is 5.19. The Balaban J connectivity index is 2.39. The number of carboxylic acid groups (broad SMARTS) is 1. The topological polar surface area (TPSA) is 101 Å². The van der Waals surface area contributed by atoms with Gasteiger partial charge >= 0.3 is 5.97 Å². The number of aryl methyl sites for hydroxylation is 1. The van der Waals surface area contributed by atoms with Crippen LogP contribution in [0.1, 0.15) is 45.0 Å². The van der Waals surface area contributed by atoms with Crippen LogP contribution in [0.25, 0.3) is 0 Å². The summed E-state index contributed by atoms with van der Waals surface area (Å²) in [4.78, 5) is 24.9. The van der Waals surface area contributed by atoms with Crippen LogP contribution in [-0.2, 0) is 16.3 Å². The van der Waals surface area contributed by atoms with Gasteiger partial charge in [0.2, 0.25) is 0 Å². The number of thiophene rings is 1. The van der Waals surface area contributed by atoms with Gasteiger partial charge in [-0.2, -0.15) is 0 Å². The van der Waals surface area contributed by atoms with Crippen LogP contribution in [0.5, 0.6) is 0 Å². The van der Waals surface area contributed by atoms with Crippen LogP contribution >= 0.6 is 11.3 Å². The molecule has 6 nitrogen and oxygen atoms in total. The van der Waals surface area contributed by atoms with E-state index >= 15 is 0 Å². The lowest BCUT2D eigenvalue weighted by atomic mass is 10.1. The molecule has 1 heterocycles. The van der Waals surface area contributed by atoms with Gasteiger partial charge in [-0.15, -0.1) is 11.3 Å². The van der Waals surface area contributed by atoms with E-state index < -0.39 is 21.7 Å². The van der Waals surface area contributed by atoms with Crippen molar-refractivity contribution in [3.8, 4) is 0 Å². The van der Waals surface area contributed by atoms with Crippen LogP contribution in [0.4, 0.5) is 5.00 Å². The maximum atomic E-state index is 12.5. The summed E-state index contributed by atoms with van der Waals surface area (Å²) in [5.41, 5.74) is 0.945. The normalized spacial score (nSPS) is 11.3. The van der Waals surface area contributed by atoms with Crippen molar-refractivity contribution >= 4 is 38.1 Å². The molecular formula is C17H19NO5S2. The molecule has 0 spiro atoms. The van der Waals surface area contributed by atoms with Gasteiger partial charge in [0, 0.05) is 10.4 Å². The number of carbonyl (C=O) groups is 2. The summed E-state index contributed by atoms with van der Waals surface area (Å²) in [7, 11) is -3.43. The summed E-state index contributed by atoms with van der Waals surface area (Å²) in [6.07, 6.45) is 0.546. The number of amides is 1. The van der Waals surface area contributed by atoms with Crippen molar-refractivity contribution in [3.63, 3.8) is 0 Å². The predicted molar refractivity (Wildman–Crippen MR) is 97.5 cm³/mol. The lowest BCUT2D eigenvalue weighted by Crippen LogP contribution is -2.14. The zero-order valence-electron chi connectivity index (χ0n) is 14.1. The number of carboxylic acids is 1. The van der Waals surface area contributed by atoms with Gasteiger partial charge in [-0.3, -0.25) is 4.79 Å². The molecule has 0 aliphatic heterocycles. The maximum Gasteiger partial charge on any atom is 0.339 e. The highest BCUT2D eigenvalue weighted by Gasteiger charge is 2.22. The van der Waals surface area contributed by atoms with Gasteiger partial charge in [0.1, 0.15) is 5.00 Å². The standard InChI is InChI=1S/C17H19NO5S2/c1-4-13-10(3)24-16(14(13)17(20)21)18-15(19)11-7-6-8-12(9-11)25(22,23)5-2/h6-9H,4-5H2,1-3H3,(H,18,19)(H,20,21). The number of anilines is 1. The van der Waals surface area contributed by atoms with E-state index in [0.717, 1.165) is 4.88 Å². The number of aromatic carboxylic acids is 1. The average Bonchev–Trinajstić information content (AvgIpc) is 2.90. The van der Waals surface area contributed by atoms with Gasteiger partial charge in [-0.05, 0) is 37.1 Å². The molecule has 2 rings (SSSR count). The Bertz CT molecular complexity index is 929. The first-order valence-corrected chi connectivity index (χ1v) is 10.2. The molecule has 0 fully saturated rings. The van der Waals surface area contributed by atoms with E-state index in [-0.39, 0.29) is 26.8 Å². The van der Waals surface area contributed by atoms with E-state index in [1.807, 2.05) is 6.92 Å². The van der Waals surface area contributed by atoms with E-state index in [1.54, 1.807) is 6.92 Å². The molecular weight excluding hydrogens is 362 g/mol. The van der Waals surface area contributed by atoms with Crippen LogP contribution in [0.2, 0.25) is 0 Å². The molecule has 0 atom stereocenters. The molecule has 1 aromatic heterocycles. The second kappa shape index (κ2) is 7.37. The molecule has 0 radical (unpaired) electrons. The molecule has 0 aliphatic carbocycles. The molecule has 8 heteroatoms. The molecule has 0 bridgehead atoms. The Kier molecular flexibility index (Phi) is 5.64. The third-order valence-electron chi connectivity index (χ3n) is 3.84. The Morgan fingerprint density at radius 1 is 1.24 bits per heavy atom. The molecule has 0 aliphatic rings. The van der Waals surface area contributed by atoms with E-state index in [0.29, 0.717) is 12.0 Å². The lowest BCUT2D eigenvalue weighted by molar-refractivity contribution is 0.0697. The van der Waals surface area contributed by atoms with Gasteiger partial charge in [0.05, 0.1) is 16.2 Å². The number of benzene rings is 1. The van der Waals surface area contributed by atoms with Crippen LogP contribution in [0, 0.1) is 6.92 Å². The van der Waals surface area contributed by atoms with Crippen molar-refractivity contribution in [1.82, 2.24) is 0 Å². The highest BCUT2D eigenvalue weighted by atomic mass is 32.2. The van der Waals surface area contributed by atoms with E-state index in [9.17, 15) is 23.1 Å². The summed E-state index contributed by atoms with van der Waals surface area (Å²) in [5.74, 6) is -1.70. The van der Waals surface area contributed by atoms with Gasteiger partial charge < -0.3 is 10.4 Å². The van der Waals surface area contributed by atoms with Gasteiger partial charge in [0.25, 0.3) is 5.91 Å². The molecule has 25 heavy (non-hydrogen) atoms. The molecule has 0 unspecified atom stereocenters. The highest BCUT2D eigenvalue weighted by Crippen LogP contribution is 2.33. The van der Waals surface area contributed by atoms with Crippen LogP contribution in [0.3, 0.4) is 0 Å². The number of hydrogen-bond acceptors (Lipinski definition) is 5. The number of sulfone groups is 1. The number of nitrogens with one attached hydrogen (secondary N) is 1. The van der Waals surface area contributed by atoms with E-state index in [1.165, 1.54) is 42.5 Å². The van der Waals surface area contributed by atoms with Crippen molar-refractivity contribution in [2.45, 2.75) is 32.1 Å². The minimum Gasteiger partial charge on any atom is -0.478 e. The molecule has 1 aromatic carbocycles. The Hall–Kier alpha value is -2.19. The largest absolute Gasteiger partial charge is 0.478 e. The van der Waals surface area contributed by atoms with Gasteiger partial charge in [-0.25, -0.2) is 13.2 Å². The lowest BCUT2D eigenvalue weighted by Gasteiger charge is -2.07. The van der Waals surface area contributed by atoms with Gasteiger partial charge in [-0.1, -0.05) is 19.9 Å². The monoisotopic (exact) mass is 381 g/mol. The summed E-state index contributed by atoms with van der Waals surface area (Å²) < 4.78 is 23.9. The first kappa shape index (κ1) is 19.1. The van der Waals surface area contributed by atoms with Crippen LogP contribution < -0.4 is 5.32 Å². The number of hydrogen-bond donors (Lipinski definition) is 2. The molecule has 2 aromatic rings.